The van der Waals surface area contributed by atoms with Gasteiger partial charge in [0.1, 0.15) is 16.9 Å². The molecule has 34 heavy (non-hydrogen) atoms. The summed E-state index contributed by atoms with van der Waals surface area (Å²) >= 11 is 12.4. The molecule has 176 valence electrons. The Morgan fingerprint density at radius 1 is 1.12 bits per heavy atom. The van der Waals surface area contributed by atoms with Crippen molar-refractivity contribution in [2.75, 3.05) is 17.7 Å². The average molecular weight is 511 g/mol. The van der Waals surface area contributed by atoms with E-state index in [0.717, 1.165) is 18.3 Å². The monoisotopic (exact) mass is 510 g/mol. The minimum atomic E-state index is -4.58. The molecule has 0 atom stereocenters. The molecule has 0 unspecified atom stereocenters. The SMILES string of the molecule is COc1nc2c(cc1C(=O)Nc1cc(C(F)(F)F)ccn1)nc(Nc1c(Cl)cccc1Cl)n2C. The van der Waals surface area contributed by atoms with Crippen LogP contribution >= 0.6 is 23.2 Å². The smallest absolute Gasteiger partial charge is 0.416 e. The minimum absolute atomic E-state index is 0.0466. The van der Waals surface area contributed by atoms with Gasteiger partial charge in [0, 0.05) is 13.2 Å². The molecule has 1 aromatic carbocycles. The standard InChI is InChI=1S/C21H15Cl2F3N6O2/c1-32-17-14(28-20(32)30-16-12(22)4-3-5-13(16)23)9-11(19(31-17)34-2)18(33)29-15-8-10(6-7-27-15)21(24,25)26/h3-9H,1-2H3,(H,28,30)(H,27,29,33). The van der Waals surface area contributed by atoms with Crippen molar-refractivity contribution in [1.82, 2.24) is 19.5 Å². The number of alkyl halides is 3. The summed E-state index contributed by atoms with van der Waals surface area (Å²) in [7, 11) is 2.99. The van der Waals surface area contributed by atoms with E-state index in [9.17, 15) is 18.0 Å². The zero-order chi connectivity index (χ0) is 24.6. The van der Waals surface area contributed by atoms with Crippen molar-refractivity contribution >= 4 is 57.7 Å². The second kappa shape index (κ2) is 8.99. The molecule has 2 N–H and O–H groups in total. The summed E-state index contributed by atoms with van der Waals surface area (Å²) in [4.78, 5) is 25.4. The number of pyridine rings is 2. The molecular weight excluding hydrogens is 496 g/mol. The van der Waals surface area contributed by atoms with Crippen LogP contribution in [0.15, 0.2) is 42.6 Å². The van der Waals surface area contributed by atoms with Crippen LogP contribution in [0.5, 0.6) is 5.88 Å². The van der Waals surface area contributed by atoms with Crippen LogP contribution in [-0.2, 0) is 13.2 Å². The Labute approximate surface area is 200 Å². The summed E-state index contributed by atoms with van der Waals surface area (Å²) in [6, 6.07) is 7.95. The molecule has 0 aliphatic heterocycles. The van der Waals surface area contributed by atoms with E-state index >= 15 is 0 Å². The number of carbonyl (C=O) groups is 1. The summed E-state index contributed by atoms with van der Waals surface area (Å²) in [6.45, 7) is 0. The number of hydrogen-bond donors (Lipinski definition) is 2. The third-order valence-corrected chi connectivity index (χ3v) is 5.41. The molecule has 3 heterocycles. The van der Waals surface area contributed by atoms with Crippen LogP contribution in [0.2, 0.25) is 10.0 Å². The maximum atomic E-state index is 13.0. The zero-order valence-electron chi connectivity index (χ0n) is 17.5. The molecule has 1 amide bonds. The predicted octanol–water partition coefficient (Wildman–Crippen LogP) is 5.69. The first-order valence-electron chi connectivity index (χ1n) is 9.55. The van der Waals surface area contributed by atoms with Crippen LogP contribution in [0.4, 0.5) is 30.6 Å². The zero-order valence-corrected chi connectivity index (χ0v) is 19.0. The number of fused-ring (bicyclic) bond motifs is 1. The molecule has 13 heteroatoms. The van der Waals surface area contributed by atoms with E-state index in [0.29, 0.717) is 32.8 Å². The number of nitrogens with one attached hydrogen (secondary N) is 2. The maximum Gasteiger partial charge on any atom is 0.416 e. The molecular formula is C21H15Cl2F3N6O2. The van der Waals surface area contributed by atoms with E-state index in [1.165, 1.54) is 13.2 Å². The summed E-state index contributed by atoms with van der Waals surface area (Å²) < 4.78 is 45.7. The topological polar surface area (TPSA) is 94.0 Å². The van der Waals surface area contributed by atoms with E-state index in [1.807, 2.05) is 0 Å². The molecule has 8 nitrogen and oxygen atoms in total. The molecule has 0 fully saturated rings. The van der Waals surface area contributed by atoms with E-state index in [-0.39, 0.29) is 17.3 Å². The van der Waals surface area contributed by atoms with Crippen LogP contribution in [0, 0.1) is 0 Å². The van der Waals surface area contributed by atoms with E-state index in [2.05, 4.69) is 25.6 Å². The lowest BCUT2D eigenvalue weighted by Crippen LogP contribution is -2.16. The first-order valence-corrected chi connectivity index (χ1v) is 10.3. The Balaban J connectivity index is 1.69. The second-order valence-electron chi connectivity index (χ2n) is 6.99. The highest BCUT2D eigenvalue weighted by atomic mass is 35.5. The predicted molar refractivity (Wildman–Crippen MR) is 122 cm³/mol. The fourth-order valence-corrected chi connectivity index (χ4v) is 3.61. The van der Waals surface area contributed by atoms with Crippen molar-refractivity contribution < 1.29 is 22.7 Å². The van der Waals surface area contributed by atoms with Gasteiger partial charge in [0.05, 0.1) is 28.4 Å². The van der Waals surface area contributed by atoms with Crippen LogP contribution in [0.3, 0.4) is 0 Å². The Morgan fingerprint density at radius 3 is 2.47 bits per heavy atom. The summed E-state index contributed by atoms with van der Waals surface area (Å²) in [5, 5.41) is 6.11. The van der Waals surface area contributed by atoms with Gasteiger partial charge in [0.15, 0.2) is 5.65 Å². The summed E-state index contributed by atoms with van der Waals surface area (Å²) in [6.07, 6.45) is -3.63. The van der Waals surface area contributed by atoms with Gasteiger partial charge in [0.2, 0.25) is 11.8 Å². The van der Waals surface area contributed by atoms with Crippen molar-refractivity contribution in [2.45, 2.75) is 6.18 Å². The number of hydrogen-bond acceptors (Lipinski definition) is 6. The van der Waals surface area contributed by atoms with E-state index < -0.39 is 17.6 Å². The van der Waals surface area contributed by atoms with Crippen molar-refractivity contribution in [3.05, 3.63) is 63.8 Å². The van der Waals surface area contributed by atoms with Gasteiger partial charge in [-0.15, -0.1) is 0 Å². The van der Waals surface area contributed by atoms with Gasteiger partial charge in [-0.25, -0.2) is 9.97 Å². The summed E-state index contributed by atoms with van der Waals surface area (Å²) in [5.41, 5.74) is 0.129. The van der Waals surface area contributed by atoms with Gasteiger partial charge in [-0.3, -0.25) is 9.36 Å². The van der Waals surface area contributed by atoms with Crippen LogP contribution in [0.1, 0.15) is 15.9 Å². The van der Waals surface area contributed by atoms with Gasteiger partial charge in [-0.1, -0.05) is 29.3 Å². The molecule has 4 aromatic rings. The van der Waals surface area contributed by atoms with Crippen LogP contribution in [0.25, 0.3) is 11.2 Å². The number of rotatable bonds is 5. The molecule has 0 aliphatic carbocycles. The molecule has 0 spiro atoms. The highest BCUT2D eigenvalue weighted by Gasteiger charge is 2.31. The third kappa shape index (κ3) is 4.57. The van der Waals surface area contributed by atoms with Gasteiger partial charge in [-0.2, -0.15) is 18.2 Å². The largest absolute Gasteiger partial charge is 0.480 e. The maximum absolute atomic E-state index is 13.0. The van der Waals surface area contributed by atoms with E-state index in [4.69, 9.17) is 27.9 Å². The lowest BCUT2D eigenvalue weighted by atomic mass is 10.2. The Bertz CT molecular complexity index is 1390. The van der Waals surface area contributed by atoms with Crippen molar-refractivity contribution in [1.29, 1.82) is 0 Å². The van der Waals surface area contributed by atoms with Gasteiger partial charge in [0.25, 0.3) is 5.91 Å². The number of aryl methyl sites for hydroxylation is 1. The number of anilines is 3. The van der Waals surface area contributed by atoms with Crippen molar-refractivity contribution in [3.63, 3.8) is 0 Å². The van der Waals surface area contributed by atoms with Crippen LogP contribution < -0.4 is 15.4 Å². The number of methoxy groups -OCH3 is 1. The van der Waals surface area contributed by atoms with E-state index in [1.54, 1.807) is 29.8 Å². The number of aromatic nitrogens is 4. The highest BCUT2D eigenvalue weighted by Crippen LogP contribution is 2.34. The average Bonchev–Trinajstić information content (AvgIpc) is 3.09. The Kier molecular flexibility index (Phi) is 6.24. The van der Waals surface area contributed by atoms with Crippen molar-refractivity contribution in [3.8, 4) is 5.88 Å². The molecule has 3 aromatic heterocycles. The molecule has 0 saturated heterocycles. The Hall–Kier alpha value is -3.57. The molecule has 0 radical (unpaired) electrons. The number of benzene rings is 1. The molecule has 0 bridgehead atoms. The lowest BCUT2D eigenvalue weighted by Gasteiger charge is -2.11. The van der Waals surface area contributed by atoms with Gasteiger partial charge in [-0.05, 0) is 30.3 Å². The fraction of sp³-hybridized carbons (Fsp3) is 0.143. The molecule has 0 saturated carbocycles. The number of nitrogens with zero attached hydrogens (tertiary/aromatic N) is 4. The normalized spacial score (nSPS) is 11.5. The fourth-order valence-electron chi connectivity index (χ4n) is 3.11. The third-order valence-electron chi connectivity index (χ3n) is 4.78. The number of halogens is 5. The first-order chi connectivity index (χ1) is 16.1. The number of carbonyl (C=O) groups excluding carboxylic acids is 1. The quantitative estimate of drug-likeness (QED) is 0.358. The highest BCUT2D eigenvalue weighted by molar-refractivity contribution is 6.39. The number of imidazole rings is 1. The molecule has 0 aliphatic rings. The minimum Gasteiger partial charge on any atom is -0.480 e. The van der Waals surface area contributed by atoms with Gasteiger partial charge < -0.3 is 15.4 Å². The number of para-hydroxylation sites is 1. The lowest BCUT2D eigenvalue weighted by molar-refractivity contribution is -0.137. The van der Waals surface area contributed by atoms with Gasteiger partial charge >= 0.3 is 6.18 Å². The molecule has 4 rings (SSSR count). The number of ether oxygens (including phenoxy) is 1. The summed E-state index contributed by atoms with van der Waals surface area (Å²) in [5.74, 6) is -0.773. The second-order valence-corrected chi connectivity index (χ2v) is 7.80. The van der Waals surface area contributed by atoms with Crippen LogP contribution in [-0.4, -0.2) is 32.5 Å². The first kappa shape index (κ1) is 23.6. The Morgan fingerprint density at radius 2 is 1.82 bits per heavy atom. The number of amides is 1. The van der Waals surface area contributed by atoms with Crippen molar-refractivity contribution in [2.24, 2.45) is 7.05 Å².